The van der Waals surface area contributed by atoms with E-state index in [0.29, 0.717) is 17.0 Å². The Morgan fingerprint density at radius 1 is 0.886 bits per heavy atom. The molecule has 1 saturated heterocycles. The molecule has 1 aliphatic carbocycles. The zero-order valence-electron chi connectivity index (χ0n) is 20.3. The number of hydrogen-bond donors (Lipinski definition) is 1. The first-order valence-corrected chi connectivity index (χ1v) is 12.0. The second kappa shape index (κ2) is 9.06. The lowest BCUT2D eigenvalue weighted by Crippen LogP contribution is -2.29. The van der Waals surface area contributed by atoms with Gasteiger partial charge in [-0.05, 0) is 97.7 Å². The van der Waals surface area contributed by atoms with Crippen LogP contribution in [0.4, 0.5) is 5.69 Å². The van der Waals surface area contributed by atoms with Crippen molar-refractivity contribution in [3.05, 3.63) is 99.6 Å². The Balaban J connectivity index is 1.69. The van der Waals surface area contributed by atoms with Crippen molar-refractivity contribution in [2.75, 3.05) is 12.0 Å². The molecular weight excluding hydrogens is 438 g/mol. The maximum Gasteiger partial charge on any atom is 0.300 e. The number of aryl methyl sites for hydroxylation is 4. The fraction of sp³-hybridized carbons (Fsp3) is 0.267. The molecule has 0 saturated carbocycles. The van der Waals surface area contributed by atoms with E-state index >= 15 is 0 Å². The number of carbonyl (C=O) groups excluding carboxylic acids is 2. The number of methoxy groups -OCH3 is 1. The van der Waals surface area contributed by atoms with Gasteiger partial charge in [0.15, 0.2) is 0 Å². The van der Waals surface area contributed by atoms with Gasteiger partial charge in [0.05, 0.1) is 18.7 Å². The van der Waals surface area contributed by atoms with Crippen LogP contribution < -0.4 is 9.64 Å². The highest BCUT2D eigenvalue weighted by Crippen LogP contribution is 2.43. The molecule has 2 aliphatic rings. The van der Waals surface area contributed by atoms with Crippen molar-refractivity contribution in [2.24, 2.45) is 0 Å². The maximum absolute atomic E-state index is 13.4. The van der Waals surface area contributed by atoms with Gasteiger partial charge in [0.1, 0.15) is 11.5 Å². The molecule has 1 aliphatic heterocycles. The van der Waals surface area contributed by atoms with E-state index in [1.807, 2.05) is 62.4 Å². The van der Waals surface area contributed by atoms with Crippen LogP contribution in [0.25, 0.3) is 5.76 Å². The Labute approximate surface area is 205 Å². The van der Waals surface area contributed by atoms with Crippen LogP contribution in [0.15, 0.2) is 66.2 Å². The van der Waals surface area contributed by atoms with Gasteiger partial charge in [0, 0.05) is 11.3 Å². The zero-order valence-corrected chi connectivity index (χ0v) is 20.3. The van der Waals surface area contributed by atoms with Gasteiger partial charge >= 0.3 is 0 Å². The Morgan fingerprint density at radius 3 is 2.29 bits per heavy atom. The molecular formula is C30H29NO4. The number of hydrogen-bond acceptors (Lipinski definition) is 4. The predicted molar refractivity (Wildman–Crippen MR) is 137 cm³/mol. The number of anilines is 1. The quantitative estimate of drug-likeness (QED) is 0.298. The molecule has 5 nitrogen and oxygen atoms in total. The van der Waals surface area contributed by atoms with Crippen LogP contribution in [-0.2, 0) is 22.4 Å². The summed E-state index contributed by atoms with van der Waals surface area (Å²) in [5.74, 6) is -0.789. The summed E-state index contributed by atoms with van der Waals surface area (Å²) < 4.78 is 5.30. The number of aliphatic hydroxyl groups is 1. The highest BCUT2D eigenvalue weighted by Gasteiger charge is 2.47. The molecule has 1 heterocycles. The number of aliphatic hydroxyl groups excluding tert-OH is 1. The third-order valence-electron chi connectivity index (χ3n) is 7.27. The smallest absolute Gasteiger partial charge is 0.300 e. The summed E-state index contributed by atoms with van der Waals surface area (Å²) in [5.41, 5.74) is 6.63. The molecule has 0 spiro atoms. The van der Waals surface area contributed by atoms with E-state index in [0.717, 1.165) is 42.4 Å². The highest BCUT2D eigenvalue weighted by atomic mass is 16.5. The largest absolute Gasteiger partial charge is 0.507 e. The van der Waals surface area contributed by atoms with Crippen LogP contribution in [-0.4, -0.2) is 23.9 Å². The molecule has 5 heteroatoms. The molecule has 1 unspecified atom stereocenters. The van der Waals surface area contributed by atoms with Crippen molar-refractivity contribution < 1.29 is 19.4 Å². The second-order valence-corrected chi connectivity index (χ2v) is 9.40. The first-order valence-electron chi connectivity index (χ1n) is 12.0. The molecule has 0 radical (unpaired) electrons. The van der Waals surface area contributed by atoms with Gasteiger partial charge in [-0.1, -0.05) is 30.3 Å². The summed E-state index contributed by atoms with van der Waals surface area (Å²) in [5, 5.41) is 11.5. The molecule has 3 aromatic rings. The fourth-order valence-corrected chi connectivity index (χ4v) is 5.11. The second-order valence-electron chi connectivity index (χ2n) is 9.40. The lowest BCUT2D eigenvalue weighted by atomic mass is 9.88. The minimum Gasteiger partial charge on any atom is -0.507 e. The van der Waals surface area contributed by atoms with Gasteiger partial charge in [-0.15, -0.1) is 0 Å². The summed E-state index contributed by atoms with van der Waals surface area (Å²) in [4.78, 5) is 28.3. The number of Topliss-reactive ketones (excluding diaryl/α,β-unsaturated/α-hetero) is 1. The van der Waals surface area contributed by atoms with Gasteiger partial charge in [0.2, 0.25) is 0 Å². The number of nitrogens with zero attached hydrogens (tertiary/aromatic N) is 1. The standard InChI is InChI=1S/C30H29NO4/c1-18-8-13-24(16-19(18)2)31-27(21-11-14-25(35-3)15-12-21)26(29(33)30(31)34)28(32)23-10-9-20-6-4-5-7-22(20)17-23/h8-17,27,32H,4-7H2,1-3H3/b28-26-. The maximum atomic E-state index is 13.4. The molecule has 1 atom stereocenters. The molecule has 1 amide bonds. The van der Waals surface area contributed by atoms with Crippen LogP contribution in [0.5, 0.6) is 5.75 Å². The van der Waals surface area contributed by atoms with E-state index in [4.69, 9.17) is 4.74 Å². The number of ether oxygens (including phenoxy) is 1. The highest BCUT2D eigenvalue weighted by molar-refractivity contribution is 6.51. The van der Waals surface area contributed by atoms with E-state index < -0.39 is 17.7 Å². The first kappa shape index (κ1) is 22.9. The molecule has 0 bridgehead atoms. The van der Waals surface area contributed by atoms with Crippen molar-refractivity contribution in [3.63, 3.8) is 0 Å². The molecule has 1 N–H and O–H groups in total. The summed E-state index contributed by atoms with van der Waals surface area (Å²) >= 11 is 0. The average molecular weight is 468 g/mol. The van der Waals surface area contributed by atoms with Crippen molar-refractivity contribution >= 4 is 23.1 Å². The number of amides is 1. The molecule has 5 rings (SSSR count). The van der Waals surface area contributed by atoms with Crippen molar-refractivity contribution in [1.82, 2.24) is 0 Å². The van der Waals surface area contributed by atoms with Gasteiger partial charge in [0.25, 0.3) is 11.7 Å². The van der Waals surface area contributed by atoms with Crippen LogP contribution in [0.3, 0.4) is 0 Å². The van der Waals surface area contributed by atoms with Crippen LogP contribution >= 0.6 is 0 Å². The number of carbonyl (C=O) groups is 2. The summed E-state index contributed by atoms with van der Waals surface area (Å²) in [6.45, 7) is 3.98. The number of rotatable bonds is 4. The number of fused-ring (bicyclic) bond motifs is 1. The van der Waals surface area contributed by atoms with Crippen LogP contribution in [0.2, 0.25) is 0 Å². The molecule has 0 aromatic heterocycles. The third-order valence-corrected chi connectivity index (χ3v) is 7.27. The van der Waals surface area contributed by atoms with E-state index in [-0.39, 0.29) is 11.3 Å². The van der Waals surface area contributed by atoms with E-state index in [2.05, 4.69) is 0 Å². The number of ketones is 1. The Morgan fingerprint density at radius 2 is 1.60 bits per heavy atom. The Kier molecular flexibility index (Phi) is 5.93. The van der Waals surface area contributed by atoms with Crippen molar-refractivity contribution in [1.29, 1.82) is 0 Å². The van der Waals surface area contributed by atoms with Gasteiger partial charge in [-0.3, -0.25) is 14.5 Å². The fourth-order valence-electron chi connectivity index (χ4n) is 5.11. The number of benzene rings is 3. The minimum absolute atomic E-state index is 0.106. The monoisotopic (exact) mass is 467 g/mol. The molecule has 35 heavy (non-hydrogen) atoms. The molecule has 3 aromatic carbocycles. The average Bonchev–Trinajstić information content (AvgIpc) is 3.15. The Hall–Kier alpha value is -3.86. The summed E-state index contributed by atoms with van der Waals surface area (Å²) in [7, 11) is 1.59. The van der Waals surface area contributed by atoms with Crippen molar-refractivity contribution in [3.8, 4) is 5.75 Å². The Bertz CT molecular complexity index is 1350. The van der Waals surface area contributed by atoms with Crippen LogP contribution in [0, 0.1) is 13.8 Å². The van der Waals surface area contributed by atoms with Gasteiger partial charge in [-0.2, -0.15) is 0 Å². The normalized spacial score (nSPS) is 19.1. The SMILES string of the molecule is COc1ccc(C2/C(=C(/O)c3ccc4c(c3)CCCC4)C(=O)C(=O)N2c2ccc(C)c(C)c2)cc1. The van der Waals surface area contributed by atoms with E-state index in [1.54, 1.807) is 19.2 Å². The van der Waals surface area contributed by atoms with E-state index in [1.165, 1.54) is 16.0 Å². The predicted octanol–water partition coefficient (Wildman–Crippen LogP) is 5.82. The minimum atomic E-state index is -0.751. The third kappa shape index (κ3) is 4.01. The summed E-state index contributed by atoms with van der Waals surface area (Å²) in [6, 6.07) is 18.1. The first-order chi connectivity index (χ1) is 16.9. The van der Waals surface area contributed by atoms with E-state index in [9.17, 15) is 14.7 Å². The lowest BCUT2D eigenvalue weighted by molar-refractivity contribution is -0.132. The molecule has 1 fully saturated rings. The van der Waals surface area contributed by atoms with Gasteiger partial charge in [-0.25, -0.2) is 0 Å². The van der Waals surface area contributed by atoms with Gasteiger partial charge < -0.3 is 9.84 Å². The topological polar surface area (TPSA) is 66.8 Å². The zero-order chi connectivity index (χ0) is 24.7. The van der Waals surface area contributed by atoms with Crippen molar-refractivity contribution in [2.45, 2.75) is 45.6 Å². The lowest BCUT2D eigenvalue weighted by Gasteiger charge is -2.26. The summed E-state index contributed by atoms with van der Waals surface area (Å²) in [6.07, 6.45) is 4.26. The molecule has 178 valence electrons. The van der Waals surface area contributed by atoms with Crippen LogP contribution in [0.1, 0.15) is 52.3 Å².